The fraction of sp³-hybridized carbons (Fsp3) is 0.188. The standard InChI is InChI=1S/C16H17ClN2O4S/c1-19(24(21,22)13-6-4-3-5-7-13)11-16(20)18-14-10-12(17)8-9-15(14)23-2/h3-10H,11H2,1-2H3,(H,18,20). The third-order valence-corrected chi connectivity index (χ3v) is 5.31. The molecule has 2 rings (SSSR count). The van der Waals surface area contributed by atoms with E-state index in [-0.39, 0.29) is 11.4 Å². The normalized spacial score (nSPS) is 11.3. The second-order valence-corrected chi connectivity index (χ2v) is 7.45. The maximum Gasteiger partial charge on any atom is 0.243 e. The number of amides is 1. The van der Waals surface area contributed by atoms with Crippen LogP contribution in [0.25, 0.3) is 0 Å². The largest absolute Gasteiger partial charge is 0.495 e. The van der Waals surface area contributed by atoms with Crippen molar-refractivity contribution in [2.45, 2.75) is 4.90 Å². The van der Waals surface area contributed by atoms with E-state index in [1.54, 1.807) is 30.3 Å². The van der Waals surface area contributed by atoms with Crippen LogP contribution in [0.2, 0.25) is 5.02 Å². The maximum atomic E-state index is 12.4. The molecule has 0 saturated carbocycles. The van der Waals surface area contributed by atoms with Gasteiger partial charge in [0.15, 0.2) is 0 Å². The fourth-order valence-corrected chi connectivity index (χ4v) is 3.35. The zero-order valence-corrected chi connectivity index (χ0v) is 14.8. The number of anilines is 1. The SMILES string of the molecule is COc1ccc(Cl)cc1NC(=O)CN(C)S(=O)(=O)c1ccccc1. The molecule has 0 fully saturated rings. The number of rotatable bonds is 6. The van der Waals surface area contributed by atoms with Crippen LogP contribution in [0.1, 0.15) is 0 Å². The number of hydrogen-bond donors (Lipinski definition) is 1. The topological polar surface area (TPSA) is 75.7 Å². The van der Waals surface area contributed by atoms with Gasteiger partial charge in [-0.15, -0.1) is 0 Å². The Morgan fingerprint density at radius 2 is 1.88 bits per heavy atom. The number of hydrogen-bond acceptors (Lipinski definition) is 4. The number of methoxy groups -OCH3 is 1. The van der Waals surface area contributed by atoms with E-state index in [2.05, 4.69) is 5.32 Å². The van der Waals surface area contributed by atoms with Gasteiger partial charge in [0.25, 0.3) is 0 Å². The lowest BCUT2D eigenvalue weighted by Crippen LogP contribution is -2.35. The number of halogens is 1. The first-order valence-corrected chi connectivity index (χ1v) is 8.81. The van der Waals surface area contributed by atoms with Crippen molar-refractivity contribution in [2.75, 3.05) is 26.0 Å². The van der Waals surface area contributed by atoms with Crippen LogP contribution in [0, 0.1) is 0 Å². The molecule has 0 saturated heterocycles. The number of nitrogens with zero attached hydrogens (tertiary/aromatic N) is 1. The lowest BCUT2D eigenvalue weighted by Gasteiger charge is -2.17. The summed E-state index contributed by atoms with van der Waals surface area (Å²) >= 11 is 5.90. The molecular formula is C16H17ClN2O4S. The summed E-state index contributed by atoms with van der Waals surface area (Å²) in [7, 11) is -0.927. The van der Waals surface area contributed by atoms with Gasteiger partial charge >= 0.3 is 0 Å². The highest BCUT2D eigenvalue weighted by atomic mass is 35.5. The number of likely N-dealkylation sites (N-methyl/N-ethyl adjacent to an activating group) is 1. The second kappa shape index (κ2) is 7.65. The molecule has 0 aliphatic carbocycles. The monoisotopic (exact) mass is 368 g/mol. The van der Waals surface area contributed by atoms with E-state index in [9.17, 15) is 13.2 Å². The highest BCUT2D eigenvalue weighted by Gasteiger charge is 2.23. The smallest absolute Gasteiger partial charge is 0.243 e. The van der Waals surface area contributed by atoms with E-state index in [1.165, 1.54) is 32.4 Å². The number of benzene rings is 2. The first-order chi connectivity index (χ1) is 11.3. The van der Waals surface area contributed by atoms with Crippen LogP contribution in [0.15, 0.2) is 53.4 Å². The van der Waals surface area contributed by atoms with Gasteiger partial charge in [-0.25, -0.2) is 8.42 Å². The molecule has 0 aliphatic rings. The Morgan fingerprint density at radius 3 is 2.50 bits per heavy atom. The van der Waals surface area contributed by atoms with Crippen molar-refractivity contribution in [2.24, 2.45) is 0 Å². The summed E-state index contributed by atoms with van der Waals surface area (Å²) in [4.78, 5) is 12.3. The molecule has 1 N–H and O–H groups in total. The average Bonchev–Trinajstić information content (AvgIpc) is 2.55. The average molecular weight is 369 g/mol. The van der Waals surface area contributed by atoms with Crippen LogP contribution >= 0.6 is 11.6 Å². The number of carbonyl (C=O) groups excluding carboxylic acids is 1. The molecule has 2 aromatic carbocycles. The molecule has 128 valence electrons. The van der Waals surface area contributed by atoms with Gasteiger partial charge in [-0.2, -0.15) is 4.31 Å². The zero-order chi connectivity index (χ0) is 17.7. The van der Waals surface area contributed by atoms with E-state index in [4.69, 9.17) is 16.3 Å². The minimum absolute atomic E-state index is 0.126. The fourth-order valence-electron chi connectivity index (χ4n) is 2.03. The van der Waals surface area contributed by atoms with Crippen LogP contribution in [-0.4, -0.2) is 39.3 Å². The summed E-state index contributed by atoms with van der Waals surface area (Å²) in [5, 5.41) is 3.03. The van der Waals surface area contributed by atoms with Crippen LogP contribution < -0.4 is 10.1 Å². The molecule has 6 nitrogen and oxygen atoms in total. The van der Waals surface area contributed by atoms with E-state index in [1.807, 2.05) is 0 Å². The lowest BCUT2D eigenvalue weighted by atomic mass is 10.3. The van der Waals surface area contributed by atoms with Crippen molar-refractivity contribution in [3.8, 4) is 5.75 Å². The molecular weight excluding hydrogens is 352 g/mol. The van der Waals surface area contributed by atoms with Crippen molar-refractivity contribution in [3.63, 3.8) is 0 Å². The third-order valence-electron chi connectivity index (χ3n) is 3.25. The number of sulfonamides is 1. The summed E-state index contributed by atoms with van der Waals surface area (Å²) in [6, 6.07) is 12.7. The third kappa shape index (κ3) is 4.25. The van der Waals surface area contributed by atoms with E-state index in [0.717, 1.165) is 4.31 Å². The molecule has 0 aliphatic heterocycles. The Hall–Kier alpha value is -2.09. The minimum Gasteiger partial charge on any atom is -0.495 e. The lowest BCUT2D eigenvalue weighted by molar-refractivity contribution is -0.116. The van der Waals surface area contributed by atoms with Crippen molar-refractivity contribution in [1.82, 2.24) is 4.31 Å². The van der Waals surface area contributed by atoms with Crippen LogP contribution in [-0.2, 0) is 14.8 Å². The van der Waals surface area contributed by atoms with Crippen LogP contribution in [0.4, 0.5) is 5.69 Å². The summed E-state index contributed by atoms with van der Waals surface area (Å²) in [5.74, 6) is -0.0705. The molecule has 0 unspecified atom stereocenters. The van der Waals surface area contributed by atoms with Crippen molar-refractivity contribution in [3.05, 3.63) is 53.6 Å². The van der Waals surface area contributed by atoms with Gasteiger partial charge in [-0.1, -0.05) is 29.8 Å². The van der Waals surface area contributed by atoms with Crippen molar-refractivity contribution in [1.29, 1.82) is 0 Å². The zero-order valence-electron chi connectivity index (χ0n) is 13.2. The highest BCUT2D eigenvalue weighted by molar-refractivity contribution is 7.89. The molecule has 0 atom stereocenters. The van der Waals surface area contributed by atoms with Gasteiger partial charge in [-0.05, 0) is 30.3 Å². The van der Waals surface area contributed by atoms with Gasteiger partial charge in [0.05, 0.1) is 24.2 Å². The van der Waals surface area contributed by atoms with E-state index >= 15 is 0 Å². The van der Waals surface area contributed by atoms with E-state index in [0.29, 0.717) is 16.5 Å². The number of carbonyl (C=O) groups is 1. The molecule has 2 aromatic rings. The summed E-state index contributed by atoms with van der Waals surface area (Å²) in [5.41, 5.74) is 0.375. The number of ether oxygens (including phenoxy) is 1. The Labute approximate surface area is 146 Å². The van der Waals surface area contributed by atoms with Crippen molar-refractivity contribution >= 4 is 33.2 Å². The second-order valence-electron chi connectivity index (χ2n) is 4.97. The summed E-state index contributed by atoms with van der Waals surface area (Å²) in [6.45, 7) is -0.340. The predicted octanol–water partition coefficient (Wildman–Crippen LogP) is 2.61. The quantitative estimate of drug-likeness (QED) is 0.850. The van der Waals surface area contributed by atoms with Gasteiger partial charge in [0.1, 0.15) is 5.75 Å². The Bertz CT molecular complexity index is 825. The molecule has 0 bridgehead atoms. The molecule has 24 heavy (non-hydrogen) atoms. The molecule has 1 amide bonds. The molecule has 0 spiro atoms. The maximum absolute atomic E-state index is 12.4. The van der Waals surface area contributed by atoms with Gasteiger partial charge in [0, 0.05) is 12.1 Å². The minimum atomic E-state index is -3.73. The first kappa shape index (κ1) is 18.3. The van der Waals surface area contributed by atoms with Gasteiger partial charge < -0.3 is 10.1 Å². The summed E-state index contributed by atoms with van der Waals surface area (Å²) < 4.78 is 30.9. The molecule has 0 aromatic heterocycles. The Kier molecular flexibility index (Phi) is 5.82. The number of nitrogens with one attached hydrogen (secondary N) is 1. The van der Waals surface area contributed by atoms with Crippen LogP contribution in [0.3, 0.4) is 0 Å². The highest BCUT2D eigenvalue weighted by Crippen LogP contribution is 2.27. The van der Waals surface area contributed by atoms with E-state index < -0.39 is 15.9 Å². The first-order valence-electron chi connectivity index (χ1n) is 6.99. The Morgan fingerprint density at radius 1 is 1.21 bits per heavy atom. The predicted molar refractivity (Wildman–Crippen MR) is 92.9 cm³/mol. The van der Waals surface area contributed by atoms with Crippen LogP contribution in [0.5, 0.6) is 5.75 Å². The van der Waals surface area contributed by atoms with Crippen molar-refractivity contribution < 1.29 is 17.9 Å². The molecule has 0 heterocycles. The summed E-state index contributed by atoms with van der Waals surface area (Å²) in [6.07, 6.45) is 0. The van der Waals surface area contributed by atoms with Gasteiger partial charge in [0.2, 0.25) is 15.9 Å². The molecule has 0 radical (unpaired) electrons. The Balaban J connectivity index is 2.11. The van der Waals surface area contributed by atoms with Gasteiger partial charge in [-0.3, -0.25) is 4.79 Å². The molecule has 8 heteroatoms.